The van der Waals surface area contributed by atoms with Crippen molar-refractivity contribution in [2.45, 2.75) is 52.3 Å². The average molecular weight is 284 g/mol. The van der Waals surface area contributed by atoms with Crippen LogP contribution < -0.4 is 10.1 Å². The van der Waals surface area contributed by atoms with Gasteiger partial charge in [-0.2, -0.15) is 0 Å². The zero-order chi connectivity index (χ0) is 15.2. The highest BCUT2D eigenvalue weighted by Gasteiger charge is 2.17. The topological polar surface area (TPSA) is 43.4 Å². The highest BCUT2D eigenvalue weighted by atomic mass is 19.1. The maximum absolute atomic E-state index is 13.3. The molecule has 4 nitrogen and oxygen atoms in total. The first-order chi connectivity index (χ1) is 9.34. The number of methoxy groups -OCH3 is 1. The summed E-state index contributed by atoms with van der Waals surface area (Å²) in [5.41, 5.74) is 0.491. The van der Waals surface area contributed by atoms with Gasteiger partial charge in [-0.15, -0.1) is 0 Å². The Hall–Kier alpha value is -1.20. The van der Waals surface area contributed by atoms with E-state index < -0.39 is 0 Å². The van der Waals surface area contributed by atoms with Crippen LogP contribution in [0.1, 0.15) is 39.7 Å². The molecule has 0 saturated heterocycles. The third-order valence-corrected chi connectivity index (χ3v) is 3.09. The predicted molar refractivity (Wildman–Crippen MR) is 77.4 cm³/mol. The second kappa shape index (κ2) is 7.55. The second-order valence-corrected chi connectivity index (χ2v) is 5.72. The van der Waals surface area contributed by atoms with Gasteiger partial charge in [0.2, 0.25) is 5.88 Å². The summed E-state index contributed by atoms with van der Waals surface area (Å²) in [6.45, 7) is 9.08. The van der Waals surface area contributed by atoms with E-state index in [-0.39, 0.29) is 11.4 Å². The SMILES string of the molecule is COC(C)(C)CCOc1ncc(F)cc1CNC(C)C. The Morgan fingerprint density at radius 2 is 2.10 bits per heavy atom. The summed E-state index contributed by atoms with van der Waals surface area (Å²) in [7, 11) is 1.67. The average Bonchev–Trinajstić information content (AvgIpc) is 2.38. The number of hydrogen-bond acceptors (Lipinski definition) is 4. The lowest BCUT2D eigenvalue weighted by molar-refractivity contribution is 0.00497. The third kappa shape index (κ3) is 5.84. The fraction of sp³-hybridized carbons (Fsp3) is 0.667. The summed E-state index contributed by atoms with van der Waals surface area (Å²) >= 11 is 0. The smallest absolute Gasteiger partial charge is 0.218 e. The predicted octanol–water partition coefficient (Wildman–Crippen LogP) is 2.91. The van der Waals surface area contributed by atoms with Gasteiger partial charge in [0, 0.05) is 31.7 Å². The van der Waals surface area contributed by atoms with Gasteiger partial charge in [0.05, 0.1) is 18.4 Å². The normalized spacial score (nSPS) is 11.9. The number of nitrogens with one attached hydrogen (secondary N) is 1. The number of halogens is 1. The summed E-state index contributed by atoms with van der Waals surface area (Å²) in [5.74, 6) is 0.126. The van der Waals surface area contributed by atoms with Crippen molar-refractivity contribution in [3.05, 3.63) is 23.6 Å². The van der Waals surface area contributed by atoms with E-state index in [1.807, 2.05) is 27.7 Å². The molecule has 0 saturated carbocycles. The fourth-order valence-corrected chi connectivity index (χ4v) is 1.53. The zero-order valence-corrected chi connectivity index (χ0v) is 13.0. The largest absolute Gasteiger partial charge is 0.477 e. The molecule has 0 atom stereocenters. The van der Waals surface area contributed by atoms with Crippen LogP contribution in [0.25, 0.3) is 0 Å². The molecule has 1 aromatic rings. The first-order valence-electron chi connectivity index (χ1n) is 6.90. The molecular formula is C15H25FN2O2. The van der Waals surface area contributed by atoms with E-state index in [1.54, 1.807) is 7.11 Å². The van der Waals surface area contributed by atoms with Crippen molar-refractivity contribution in [1.29, 1.82) is 0 Å². The maximum Gasteiger partial charge on any atom is 0.218 e. The van der Waals surface area contributed by atoms with Crippen LogP contribution in [0.2, 0.25) is 0 Å². The molecule has 20 heavy (non-hydrogen) atoms. The maximum atomic E-state index is 13.3. The van der Waals surface area contributed by atoms with E-state index in [9.17, 15) is 4.39 Å². The van der Waals surface area contributed by atoms with E-state index in [1.165, 1.54) is 12.3 Å². The first-order valence-corrected chi connectivity index (χ1v) is 6.90. The highest BCUT2D eigenvalue weighted by Crippen LogP contribution is 2.18. The summed E-state index contributed by atoms with van der Waals surface area (Å²) in [4.78, 5) is 4.02. The molecule has 0 amide bonds. The van der Waals surface area contributed by atoms with Gasteiger partial charge in [-0.05, 0) is 19.9 Å². The summed E-state index contributed by atoms with van der Waals surface area (Å²) in [5, 5.41) is 3.24. The Labute approximate surface area is 120 Å². The molecule has 0 unspecified atom stereocenters. The minimum absolute atomic E-state index is 0.240. The van der Waals surface area contributed by atoms with Gasteiger partial charge in [0.1, 0.15) is 5.82 Å². The van der Waals surface area contributed by atoms with Gasteiger partial charge in [-0.1, -0.05) is 13.8 Å². The molecule has 114 valence electrons. The van der Waals surface area contributed by atoms with Crippen LogP contribution in [0.15, 0.2) is 12.3 Å². The number of nitrogens with zero attached hydrogens (tertiary/aromatic N) is 1. The number of pyridine rings is 1. The van der Waals surface area contributed by atoms with Gasteiger partial charge < -0.3 is 14.8 Å². The Morgan fingerprint density at radius 1 is 1.40 bits per heavy atom. The van der Waals surface area contributed by atoms with Crippen LogP contribution in [-0.4, -0.2) is 30.3 Å². The van der Waals surface area contributed by atoms with Gasteiger partial charge in [0.15, 0.2) is 0 Å². The third-order valence-electron chi connectivity index (χ3n) is 3.09. The molecule has 0 spiro atoms. The van der Waals surface area contributed by atoms with E-state index in [4.69, 9.17) is 9.47 Å². The van der Waals surface area contributed by atoms with E-state index in [2.05, 4.69) is 10.3 Å². The molecule has 1 N–H and O–H groups in total. The molecular weight excluding hydrogens is 259 g/mol. The quantitative estimate of drug-likeness (QED) is 0.797. The monoisotopic (exact) mass is 284 g/mol. The molecule has 0 radical (unpaired) electrons. The Kier molecular flexibility index (Phi) is 6.36. The van der Waals surface area contributed by atoms with Crippen molar-refractivity contribution >= 4 is 0 Å². The molecule has 0 aliphatic heterocycles. The molecule has 0 bridgehead atoms. The zero-order valence-electron chi connectivity index (χ0n) is 13.0. The molecule has 1 rings (SSSR count). The molecule has 0 aliphatic carbocycles. The Bertz CT molecular complexity index is 422. The highest BCUT2D eigenvalue weighted by molar-refractivity contribution is 5.26. The Balaban J connectivity index is 2.64. The molecule has 1 aromatic heterocycles. The van der Waals surface area contributed by atoms with Crippen LogP contribution in [-0.2, 0) is 11.3 Å². The minimum atomic E-state index is -0.352. The van der Waals surface area contributed by atoms with E-state index in [0.29, 0.717) is 25.1 Å². The molecule has 5 heteroatoms. The van der Waals surface area contributed by atoms with E-state index >= 15 is 0 Å². The van der Waals surface area contributed by atoms with Crippen molar-refractivity contribution in [1.82, 2.24) is 10.3 Å². The van der Waals surface area contributed by atoms with Crippen molar-refractivity contribution in [3.8, 4) is 5.88 Å². The lowest BCUT2D eigenvalue weighted by atomic mass is 10.1. The van der Waals surface area contributed by atoms with Gasteiger partial charge in [-0.3, -0.25) is 0 Å². The van der Waals surface area contributed by atoms with Crippen LogP contribution in [0.4, 0.5) is 4.39 Å². The van der Waals surface area contributed by atoms with Gasteiger partial charge in [-0.25, -0.2) is 9.37 Å². The molecule has 1 heterocycles. The van der Waals surface area contributed by atoms with Crippen molar-refractivity contribution in [2.75, 3.05) is 13.7 Å². The lowest BCUT2D eigenvalue weighted by Gasteiger charge is -2.22. The lowest BCUT2D eigenvalue weighted by Crippen LogP contribution is -2.26. The second-order valence-electron chi connectivity index (χ2n) is 5.72. The fourth-order valence-electron chi connectivity index (χ4n) is 1.53. The van der Waals surface area contributed by atoms with Gasteiger partial charge in [0.25, 0.3) is 0 Å². The van der Waals surface area contributed by atoms with Crippen LogP contribution >= 0.6 is 0 Å². The summed E-state index contributed by atoms with van der Waals surface area (Å²) in [6, 6.07) is 1.78. The standard InChI is InChI=1S/C15H25FN2O2/c1-11(2)17-9-12-8-13(16)10-18-14(12)20-7-6-15(3,4)19-5/h8,10-11,17H,6-7,9H2,1-5H3. The Morgan fingerprint density at radius 3 is 2.70 bits per heavy atom. The van der Waals surface area contributed by atoms with Crippen LogP contribution in [0.3, 0.4) is 0 Å². The molecule has 0 aliphatic rings. The number of ether oxygens (including phenoxy) is 2. The van der Waals surface area contributed by atoms with Crippen LogP contribution in [0, 0.1) is 5.82 Å². The van der Waals surface area contributed by atoms with Crippen molar-refractivity contribution in [2.24, 2.45) is 0 Å². The van der Waals surface area contributed by atoms with Crippen molar-refractivity contribution < 1.29 is 13.9 Å². The van der Waals surface area contributed by atoms with Crippen LogP contribution in [0.5, 0.6) is 5.88 Å². The summed E-state index contributed by atoms with van der Waals surface area (Å²) < 4.78 is 24.3. The molecule has 0 aromatic carbocycles. The summed E-state index contributed by atoms with van der Waals surface area (Å²) in [6.07, 6.45) is 1.91. The van der Waals surface area contributed by atoms with E-state index in [0.717, 1.165) is 12.0 Å². The number of aromatic nitrogens is 1. The first kappa shape index (κ1) is 16.9. The number of hydrogen-bond donors (Lipinski definition) is 1. The minimum Gasteiger partial charge on any atom is -0.477 e. The molecule has 0 fully saturated rings. The van der Waals surface area contributed by atoms with Gasteiger partial charge >= 0.3 is 0 Å². The van der Waals surface area contributed by atoms with Crippen molar-refractivity contribution in [3.63, 3.8) is 0 Å². The number of rotatable bonds is 8.